The van der Waals surface area contributed by atoms with E-state index in [2.05, 4.69) is 67.8 Å². The fourth-order valence-corrected chi connectivity index (χ4v) is 9.81. The van der Waals surface area contributed by atoms with E-state index < -0.39 is 36.9 Å². The van der Waals surface area contributed by atoms with Gasteiger partial charge in [-0.15, -0.1) is 0 Å². The van der Waals surface area contributed by atoms with Gasteiger partial charge in [0.1, 0.15) is 12.2 Å². The topological polar surface area (TPSA) is 110 Å². The Bertz CT molecular complexity index is 1170. The first-order valence-electron chi connectivity index (χ1n) is 31.5. The Kier molecular flexibility index (Phi) is 57.7. The van der Waals surface area contributed by atoms with Crippen LogP contribution in [0.5, 0.6) is 0 Å². The van der Waals surface area contributed by atoms with Crippen LogP contribution in [0.2, 0.25) is 0 Å². The molecule has 0 rings (SSSR count). The van der Waals surface area contributed by atoms with Gasteiger partial charge in [0.05, 0.1) is 18.8 Å². The SMILES string of the molecule is CCCCCCCCCCC/C=C\C/C=C\CCCCCCCCCCCCC(O)C(=O)NC(CO)C(O)C(O)CCC/C=C/CC/C=C/CCCCCCCCCCCCCCCCCCCCCC. The van der Waals surface area contributed by atoms with Crippen LogP contribution >= 0.6 is 0 Å². The fraction of sp³-hybridized carbons (Fsp3) is 0.862. The molecule has 4 unspecified atom stereocenters. The highest BCUT2D eigenvalue weighted by Gasteiger charge is 2.28. The third-order valence-electron chi connectivity index (χ3n) is 14.7. The van der Waals surface area contributed by atoms with Crippen molar-refractivity contribution >= 4 is 5.91 Å². The number of hydrogen-bond donors (Lipinski definition) is 5. The minimum atomic E-state index is -1.29. The lowest BCUT2D eigenvalue weighted by Gasteiger charge is -2.27. The number of aliphatic hydroxyl groups excluding tert-OH is 4. The maximum absolute atomic E-state index is 12.6. The van der Waals surface area contributed by atoms with Crippen molar-refractivity contribution < 1.29 is 25.2 Å². The molecule has 0 radical (unpaired) electrons. The molecule has 6 heteroatoms. The van der Waals surface area contributed by atoms with Crippen molar-refractivity contribution in [3.05, 3.63) is 48.6 Å². The second-order valence-electron chi connectivity index (χ2n) is 21.7. The van der Waals surface area contributed by atoms with E-state index >= 15 is 0 Å². The van der Waals surface area contributed by atoms with Crippen LogP contribution in [0.4, 0.5) is 0 Å². The normalized spacial score (nSPS) is 13.9. The fourth-order valence-electron chi connectivity index (χ4n) is 9.81. The molecule has 1 amide bonds. The first kappa shape index (κ1) is 69.3. The first-order valence-corrected chi connectivity index (χ1v) is 31.5. The lowest BCUT2D eigenvalue weighted by atomic mass is 10.00. The van der Waals surface area contributed by atoms with E-state index in [1.54, 1.807) is 0 Å². The Morgan fingerprint density at radius 1 is 0.352 bits per heavy atom. The van der Waals surface area contributed by atoms with Crippen LogP contribution in [-0.4, -0.2) is 57.3 Å². The number of aliphatic hydroxyl groups is 4. The van der Waals surface area contributed by atoms with E-state index in [9.17, 15) is 25.2 Å². The Hall–Kier alpha value is -1.73. The van der Waals surface area contributed by atoms with Crippen LogP contribution in [0.15, 0.2) is 48.6 Å². The molecule has 4 atom stereocenters. The number of unbranched alkanes of at least 4 members (excludes halogenated alkanes) is 41. The Labute approximate surface area is 442 Å². The number of allylic oxidation sites excluding steroid dienone is 8. The molecule has 0 aliphatic carbocycles. The van der Waals surface area contributed by atoms with Crippen molar-refractivity contribution in [1.82, 2.24) is 5.32 Å². The average molecular weight is 999 g/mol. The standard InChI is InChI=1S/C65H123NO5/c1-3-5-7-9-11-13-15-17-19-21-23-25-27-29-31-32-33-35-36-38-40-42-44-46-48-50-52-54-56-58-62(68)64(70)61(60-67)66-65(71)63(69)59-57-55-53-51-49-47-45-43-41-39-37-34-30-28-26-24-22-20-18-16-14-12-10-8-6-4-2/h24,26,30,34,42,44,50,52,61-64,67-70H,3-23,25,27-29,31-33,35-41,43,45-49,51,53-60H2,1-2H3,(H,66,71)/b26-24-,34-30-,44-42+,52-50+. The highest BCUT2D eigenvalue weighted by atomic mass is 16.3. The number of rotatable bonds is 58. The van der Waals surface area contributed by atoms with Crippen molar-refractivity contribution in [2.75, 3.05) is 6.61 Å². The maximum Gasteiger partial charge on any atom is 0.249 e. The Morgan fingerprint density at radius 3 is 0.972 bits per heavy atom. The molecule has 0 aromatic carbocycles. The Morgan fingerprint density at radius 2 is 0.634 bits per heavy atom. The van der Waals surface area contributed by atoms with Gasteiger partial charge in [0, 0.05) is 0 Å². The summed E-state index contributed by atoms with van der Waals surface area (Å²) in [4.78, 5) is 12.6. The summed E-state index contributed by atoms with van der Waals surface area (Å²) in [5.74, 6) is -0.597. The molecular weight excluding hydrogens is 875 g/mol. The van der Waals surface area contributed by atoms with Gasteiger partial charge in [-0.1, -0.05) is 294 Å². The molecular formula is C65H123NO5. The van der Waals surface area contributed by atoms with Crippen LogP contribution in [0.1, 0.15) is 328 Å². The van der Waals surface area contributed by atoms with Crippen LogP contribution in [0.25, 0.3) is 0 Å². The van der Waals surface area contributed by atoms with Crippen molar-refractivity contribution in [2.45, 2.75) is 353 Å². The first-order chi connectivity index (χ1) is 35.0. The summed E-state index contributed by atoms with van der Waals surface area (Å²) >= 11 is 0. The summed E-state index contributed by atoms with van der Waals surface area (Å²) < 4.78 is 0. The lowest BCUT2D eigenvalue weighted by Crippen LogP contribution is -2.53. The monoisotopic (exact) mass is 998 g/mol. The summed E-state index contributed by atoms with van der Waals surface area (Å²) in [6.45, 7) is 4.08. The number of amides is 1. The van der Waals surface area contributed by atoms with Gasteiger partial charge in [-0.2, -0.15) is 0 Å². The second-order valence-corrected chi connectivity index (χ2v) is 21.7. The van der Waals surface area contributed by atoms with Gasteiger partial charge in [0.15, 0.2) is 0 Å². The van der Waals surface area contributed by atoms with Crippen LogP contribution in [0, 0.1) is 0 Å². The van der Waals surface area contributed by atoms with Crippen molar-refractivity contribution in [2.24, 2.45) is 0 Å². The van der Waals surface area contributed by atoms with Gasteiger partial charge in [0.2, 0.25) is 5.91 Å². The molecule has 0 fully saturated rings. The van der Waals surface area contributed by atoms with Gasteiger partial charge in [-0.25, -0.2) is 0 Å². The van der Waals surface area contributed by atoms with Crippen LogP contribution in [0.3, 0.4) is 0 Å². The molecule has 6 nitrogen and oxygen atoms in total. The molecule has 0 aromatic rings. The van der Waals surface area contributed by atoms with Gasteiger partial charge < -0.3 is 25.7 Å². The molecule has 0 aliphatic heterocycles. The Balaban J connectivity index is 3.66. The van der Waals surface area contributed by atoms with Gasteiger partial charge in [0.25, 0.3) is 0 Å². The number of nitrogens with one attached hydrogen (secondary N) is 1. The van der Waals surface area contributed by atoms with E-state index in [1.807, 2.05) is 0 Å². The second kappa shape index (κ2) is 59.2. The summed E-state index contributed by atoms with van der Waals surface area (Å²) in [5, 5.41) is 44.1. The molecule has 0 saturated heterocycles. The smallest absolute Gasteiger partial charge is 0.249 e. The molecule has 5 N–H and O–H groups in total. The summed E-state index contributed by atoms with van der Waals surface area (Å²) in [6, 6.07) is -1.01. The minimum Gasteiger partial charge on any atom is -0.394 e. The van der Waals surface area contributed by atoms with Gasteiger partial charge in [-0.3, -0.25) is 4.79 Å². The van der Waals surface area contributed by atoms with E-state index in [0.29, 0.717) is 19.3 Å². The number of hydrogen-bond acceptors (Lipinski definition) is 5. The third kappa shape index (κ3) is 52.9. The molecule has 0 spiro atoms. The zero-order valence-corrected chi connectivity index (χ0v) is 47.5. The zero-order valence-electron chi connectivity index (χ0n) is 47.5. The van der Waals surface area contributed by atoms with Crippen LogP contribution < -0.4 is 5.32 Å². The summed E-state index contributed by atoms with van der Waals surface area (Å²) in [6.07, 6.45) is 76.3. The van der Waals surface area contributed by atoms with Crippen LogP contribution in [-0.2, 0) is 4.79 Å². The summed E-state index contributed by atoms with van der Waals surface area (Å²) in [7, 11) is 0. The van der Waals surface area contributed by atoms with Gasteiger partial charge in [-0.05, 0) is 83.5 Å². The highest BCUT2D eigenvalue weighted by molar-refractivity contribution is 5.80. The molecule has 0 heterocycles. The minimum absolute atomic E-state index is 0.356. The molecule has 71 heavy (non-hydrogen) atoms. The summed E-state index contributed by atoms with van der Waals surface area (Å²) in [5.41, 5.74) is 0. The molecule has 0 aromatic heterocycles. The molecule has 0 aliphatic rings. The lowest BCUT2D eigenvalue weighted by molar-refractivity contribution is -0.132. The number of carbonyl (C=O) groups is 1. The molecule has 0 saturated carbocycles. The highest BCUT2D eigenvalue weighted by Crippen LogP contribution is 2.18. The largest absolute Gasteiger partial charge is 0.394 e. The predicted molar refractivity (Wildman–Crippen MR) is 311 cm³/mol. The average Bonchev–Trinajstić information content (AvgIpc) is 3.38. The maximum atomic E-state index is 12.6. The van der Waals surface area contributed by atoms with Crippen molar-refractivity contribution in [3.63, 3.8) is 0 Å². The van der Waals surface area contributed by atoms with E-state index in [1.165, 1.54) is 250 Å². The predicted octanol–water partition coefficient (Wildman–Crippen LogP) is 18.9. The number of carbonyl (C=O) groups excluding carboxylic acids is 1. The van der Waals surface area contributed by atoms with E-state index in [0.717, 1.165) is 44.9 Å². The zero-order chi connectivity index (χ0) is 51.6. The van der Waals surface area contributed by atoms with E-state index in [-0.39, 0.29) is 0 Å². The van der Waals surface area contributed by atoms with Gasteiger partial charge >= 0.3 is 0 Å². The van der Waals surface area contributed by atoms with Crippen molar-refractivity contribution in [1.29, 1.82) is 0 Å². The quantitative estimate of drug-likeness (QED) is 0.0308. The third-order valence-corrected chi connectivity index (χ3v) is 14.7. The van der Waals surface area contributed by atoms with E-state index in [4.69, 9.17) is 0 Å². The van der Waals surface area contributed by atoms with Crippen molar-refractivity contribution in [3.8, 4) is 0 Å². The molecule has 0 bridgehead atoms. The molecule has 418 valence electrons.